The van der Waals surface area contributed by atoms with E-state index in [1.54, 1.807) is 18.6 Å². The molecule has 26 heavy (non-hydrogen) atoms. The van der Waals surface area contributed by atoms with E-state index in [-0.39, 0.29) is 11.8 Å². The highest BCUT2D eigenvalue weighted by Gasteiger charge is 2.26. The number of nitrogens with zero attached hydrogens (tertiary/aromatic N) is 3. The first-order chi connectivity index (χ1) is 12.8. The minimum atomic E-state index is 0.00808. The summed E-state index contributed by atoms with van der Waals surface area (Å²) in [7, 11) is 0. The number of carbonyl (C=O) groups is 1. The van der Waals surface area contributed by atoms with E-state index in [9.17, 15) is 4.79 Å². The fourth-order valence-corrected chi connectivity index (χ4v) is 3.66. The fourth-order valence-electron chi connectivity index (χ4n) is 3.66. The monoisotopic (exact) mass is 349 g/mol. The van der Waals surface area contributed by atoms with Crippen molar-refractivity contribution in [3.63, 3.8) is 0 Å². The summed E-state index contributed by atoms with van der Waals surface area (Å²) in [6.45, 7) is 2.29. The molecule has 1 fully saturated rings. The summed E-state index contributed by atoms with van der Waals surface area (Å²) in [4.78, 5) is 26.5. The minimum absolute atomic E-state index is 0.00808. The Morgan fingerprint density at radius 3 is 3.12 bits per heavy atom. The van der Waals surface area contributed by atoms with Gasteiger partial charge in [0.15, 0.2) is 0 Å². The number of piperidine rings is 1. The Kier molecular flexibility index (Phi) is 4.82. The summed E-state index contributed by atoms with van der Waals surface area (Å²) in [5.41, 5.74) is 2.38. The van der Waals surface area contributed by atoms with Gasteiger partial charge in [0.05, 0.1) is 12.1 Å². The molecule has 0 bridgehead atoms. The third-order valence-corrected chi connectivity index (χ3v) is 5.03. The predicted molar refractivity (Wildman–Crippen MR) is 102 cm³/mol. The molecule has 2 aromatic heterocycles. The molecule has 6 nitrogen and oxygen atoms in total. The number of fused-ring (bicyclic) bond motifs is 1. The number of hydrogen-bond acceptors (Lipinski definition) is 4. The predicted octanol–water partition coefficient (Wildman–Crippen LogP) is 2.53. The number of H-pyrrole nitrogens is 1. The lowest BCUT2D eigenvalue weighted by Gasteiger charge is -2.32. The summed E-state index contributed by atoms with van der Waals surface area (Å²) in [5.74, 6) is 0.996. The van der Waals surface area contributed by atoms with Crippen molar-refractivity contribution in [2.75, 3.05) is 24.5 Å². The van der Waals surface area contributed by atoms with Crippen LogP contribution in [0.15, 0.2) is 49.1 Å². The molecule has 134 valence electrons. The van der Waals surface area contributed by atoms with Crippen LogP contribution in [-0.4, -0.2) is 40.5 Å². The van der Waals surface area contributed by atoms with E-state index in [1.165, 1.54) is 10.9 Å². The van der Waals surface area contributed by atoms with E-state index in [0.717, 1.165) is 37.1 Å². The molecule has 1 aromatic carbocycles. The van der Waals surface area contributed by atoms with Gasteiger partial charge in [-0.15, -0.1) is 0 Å². The molecule has 1 aliphatic rings. The lowest BCUT2D eigenvalue weighted by molar-refractivity contribution is -0.125. The molecule has 1 atom stereocenters. The lowest BCUT2D eigenvalue weighted by Crippen LogP contribution is -2.43. The molecular weight excluding hydrogens is 326 g/mol. The number of benzene rings is 1. The first-order valence-electron chi connectivity index (χ1n) is 9.15. The zero-order valence-corrected chi connectivity index (χ0v) is 14.7. The number of para-hydroxylation sites is 1. The normalized spacial score (nSPS) is 17.4. The van der Waals surface area contributed by atoms with Crippen molar-refractivity contribution in [2.24, 2.45) is 5.92 Å². The molecule has 0 saturated carbocycles. The Morgan fingerprint density at radius 2 is 2.23 bits per heavy atom. The maximum Gasteiger partial charge on any atom is 0.224 e. The number of amides is 1. The van der Waals surface area contributed by atoms with Crippen LogP contribution in [0.5, 0.6) is 0 Å². The van der Waals surface area contributed by atoms with Crippen LogP contribution in [0.3, 0.4) is 0 Å². The molecule has 2 N–H and O–H groups in total. The molecule has 3 aromatic rings. The van der Waals surface area contributed by atoms with Crippen molar-refractivity contribution in [2.45, 2.75) is 19.3 Å². The Labute approximate surface area is 152 Å². The molecule has 1 amide bonds. The maximum absolute atomic E-state index is 12.6. The van der Waals surface area contributed by atoms with Crippen LogP contribution >= 0.6 is 0 Å². The smallest absolute Gasteiger partial charge is 0.224 e. The number of rotatable bonds is 5. The standard InChI is InChI=1S/C20H23N5O/c26-20(16-4-3-11-25(14-16)19-13-21-9-10-22-19)23-8-7-15-12-24-18-6-2-1-5-17(15)18/h1-2,5-6,9-10,12-13,16,24H,3-4,7-8,11,14H2,(H,23,26)/t16-/m1/s1. The first kappa shape index (κ1) is 16.6. The van der Waals surface area contributed by atoms with Crippen molar-refractivity contribution in [3.8, 4) is 0 Å². The van der Waals surface area contributed by atoms with Crippen molar-refractivity contribution in [1.29, 1.82) is 0 Å². The zero-order chi connectivity index (χ0) is 17.8. The molecule has 0 radical (unpaired) electrons. The number of carbonyl (C=O) groups excluding carboxylic acids is 1. The summed E-state index contributed by atoms with van der Waals surface area (Å²) in [6.07, 6.45) is 9.91. The third kappa shape index (κ3) is 3.54. The second kappa shape index (κ2) is 7.56. The van der Waals surface area contributed by atoms with Gasteiger partial charge in [0, 0.05) is 49.1 Å². The van der Waals surface area contributed by atoms with Gasteiger partial charge >= 0.3 is 0 Å². The van der Waals surface area contributed by atoms with Crippen molar-refractivity contribution < 1.29 is 4.79 Å². The Morgan fingerprint density at radius 1 is 1.31 bits per heavy atom. The van der Waals surface area contributed by atoms with E-state index in [2.05, 4.69) is 37.3 Å². The number of aromatic nitrogens is 3. The third-order valence-electron chi connectivity index (χ3n) is 5.03. The van der Waals surface area contributed by atoms with Crippen molar-refractivity contribution in [1.82, 2.24) is 20.3 Å². The summed E-state index contributed by atoms with van der Waals surface area (Å²) >= 11 is 0. The molecule has 1 aliphatic heterocycles. The lowest BCUT2D eigenvalue weighted by atomic mass is 9.97. The van der Waals surface area contributed by atoms with Gasteiger partial charge in [0.25, 0.3) is 0 Å². The molecule has 0 spiro atoms. The SMILES string of the molecule is O=C(NCCc1c[nH]c2ccccc12)[C@@H]1CCCN(c2cnccn2)C1. The van der Waals surface area contributed by atoms with Gasteiger partial charge in [-0.3, -0.25) is 9.78 Å². The Bertz CT molecular complexity index is 876. The Balaban J connectivity index is 1.32. The van der Waals surface area contributed by atoms with Gasteiger partial charge in [0.2, 0.25) is 5.91 Å². The zero-order valence-electron chi connectivity index (χ0n) is 14.7. The van der Waals surface area contributed by atoms with E-state index in [0.29, 0.717) is 13.1 Å². The van der Waals surface area contributed by atoms with Crippen LogP contribution in [-0.2, 0) is 11.2 Å². The molecule has 6 heteroatoms. The molecule has 0 unspecified atom stereocenters. The average Bonchev–Trinajstić information content (AvgIpc) is 3.12. The van der Waals surface area contributed by atoms with Gasteiger partial charge < -0.3 is 15.2 Å². The number of aromatic amines is 1. The van der Waals surface area contributed by atoms with Crippen LogP contribution in [0, 0.1) is 5.92 Å². The van der Waals surface area contributed by atoms with Gasteiger partial charge in [-0.2, -0.15) is 0 Å². The average molecular weight is 349 g/mol. The topological polar surface area (TPSA) is 73.9 Å². The highest BCUT2D eigenvalue weighted by Crippen LogP contribution is 2.21. The second-order valence-electron chi connectivity index (χ2n) is 6.75. The molecule has 1 saturated heterocycles. The van der Waals surface area contributed by atoms with E-state index in [1.807, 2.05) is 18.3 Å². The van der Waals surface area contributed by atoms with Gasteiger partial charge in [-0.1, -0.05) is 18.2 Å². The molecule has 3 heterocycles. The molecular formula is C20H23N5O. The van der Waals surface area contributed by atoms with Crippen molar-refractivity contribution >= 4 is 22.6 Å². The van der Waals surface area contributed by atoms with Crippen molar-refractivity contribution in [3.05, 3.63) is 54.6 Å². The van der Waals surface area contributed by atoms with E-state index < -0.39 is 0 Å². The molecule has 0 aliphatic carbocycles. The van der Waals surface area contributed by atoms with E-state index in [4.69, 9.17) is 0 Å². The highest BCUT2D eigenvalue weighted by molar-refractivity contribution is 5.83. The van der Waals surface area contributed by atoms with Gasteiger partial charge in [0.1, 0.15) is 5.82 Å². The summed E-state index contributed by atoms with van der Waals surface area (Å²) in [6, 6.07) is 8.25. The van der Waals surface area contributed by atoms with Crippen LogP contribution in [0.25, 0.3) is 10.9 Å². The number of nitrogens with one attached hydrogen (secondary N) is 2. The Hall–Kier alpha value is -2.89. The number of hydrogen-bond donors (Lipinski definition) is 2. The fraction of sp³-hybridized carbons (Fsp3) is 0.350. The van der Waals surface area contributed by atoms with Crippen LogP contribution in [0.1, 0.15) is 18.4 Å². The molecule has 4 rings (SSSR count). The highest BCUT2D eigenvalue weighted by atomic mass is 16.1. The minimum Gasteiger partial charge on any atom is -0.361 e. The van der Waals surface area contributed by atoms with Crippen LogP contribution < -0.4 is 10.2 Å². The van der Waals surface area contributed by atoms with Crippen LogP contribution in [0.2, 0.25) is 0 Å². The van der Waals surface area contributed by atoms with Crippen LogP contribution in [0.4, 0.5) is 5.82 Å². The maximum atomic E-state index is 12.6. The summed E-state index contributed by atoms with van der Waals surface area (Å²) < 4.78 is 0. The quantitative estimate of drug-likeness (QED) is 0.742. The van der Waals surface area contributed by atoms with E-state index >= 15 is 0 Å². The second-order valence-corrected chi connectivity index (χ2v) is 6.75. The van der Waals surface area contributed by atoms with Gasteiger partial charge in [-0.25, -0.2) is 4.98 Å². The largest absolute Gasteiger partial charge is 0.361 e. The first-order valence-corrected chi connectivity index (χ1v) is 9.15. The number of anilines is 1. The van der Waals surface area contributed by atoms with Gasteiger partial charge in [-0.05, 0) is 30.9 Å². The summed E-state index contributed by atoms with van der Waals surface area (Å²) in [5, 5.41) is 4.34.